The van der Waals surface area contributed by atoms with Crippen molar-refractivity contribution in [1.82, 2.24) is 5.32 Å². The first kappa shape index (κ1) is 14.9. The Labute approximate surface area is 121 Å². The van der Waals surface area contributed by atoms with Gasteiger partial charge in [0.25, 0.3) is 5.91 Å². The van der Waals surface area contributed by atoms with Crippen LogP contribution in [0.1, 0.15) is 29.9 Å². The number of hydrogen-bond acceptors (Lipinski definition) is 3. The van der Waals surface area contributed by atoms with Gasteiger partial charge < -0.3 is 10.4 Å². The van der Waals surface area contributed by atoms with E-state index in [-0.39, 0.29) is 18.3 Å². The minimum absolute atomic E-state index is 0.227. The number of fused-ring (bicyclic) bond motifs is 1. The lowest BCUT2D eigenvalue weighted by Crippen LogP contribution is -2.32. The van der Waals surface area contributed by atoms with Crippen LogP contribution in [-0.2, 0) is 0 Å². The molecule has 2 N–H and O–H groups in total. The highest BCUT2D eigenvalue weighted by Gasteiger charge is 2.13. The number of hydrogen-bond donors (Lipinski definition) is 2. The Balaban J connectivity index is 2.00. The number of amides is 1. The summed E-state index contributed by atoms with van der Waals surface area (Å²) in [6.07, 6.45) is 0.114. The van der Waals surface area contributed by atoms with Crippen LogP contribution in [0, 0.1) is 11.7 Å². The molecule has 2 rings (SSSR count). The molecule has 1 aromatic heterocycles. The summed E-state index contributed by atoms with van der Waals surface area (Å²) in [5, 5.41) is 13.3. The fourth-order valence-corrected chi connectivity index (χ4v) is 3.05. The molecule has 0 radical (unpaired) electrons. The molecule has 0 aliphatic carbocycles. The molecule has 0 aliphatic rings. The number of aliphatic hydroxyl groups excluding tert-OH is 1. The number of carbonyl (C=O) groups is 1. The number of carbonyl (C=O) groups excluding carboxylic acids is 1. The van der Waals surface area contributed by atoms with Crippen LogP contribution in [0.25, 0.3) is 10.1 Å². The minimum atomic E-state index is -0.536. The molecule has 0 aliphatic heterocycles. The van der Waals surface area contributed by atoms with Crippen molar-refractivity contribution in [1.29, 1.82) is 0 Å². The van der Waals surface area contributed by atoms with E-state index in [4.69, 9.17) is 0 Å². The smallest absolute Gasteiger partial charge is 0.261 e. The molecule has 0 saturated heterocycles. The molecule has 0 spiro atoms. The third kappa shape index (κ3) is 3.77. The van der Waals surface area contributed by atoms with Gasteiger partial charge in [-0.2, -0.15) is 0 Å². The molecule has 1 heterocycles. The Morgan fingerprint density at radius 2 is 2.15 bits per heavy atom. The van der Waals surface area contributed by atoms with E-state index in [0.717, 1.165) is 10.1 Å². The van der Waals surface area contributed by atoms with Gasteiger partial charge in [0.15, 0.2) is 0 Å². The van der Waals surface area contributed by atoms with Crippen molar-refractivity contribution in [2.45, 2.75) is 26.4 Å². The van der Waals surface area contributed by atoms with E-state index in [0.29, 0.717) is 17.2 Å². The zero-order chi connectivity index (χ0) is 14.7. The van der Waals surface area contributed by atoms with E-state index in [9.17, 15) is 14.3 Å². The van der Waals surface area contributed by atoms with Crippen molar-refractivity contribution in [3.8, 4) is 0 Å². The summed E-state index contributed by atoms with van der Waals surface area (Å²) in [6, 6.07) is 6.20. The first-order valence-corrected chi connectivity index (χ1v) is 7.42. The fraction of sp³-hybridized carbons (Fsp3) is 0.400. The normalized spacial score (nSPS) is 12.8. The maximum absolute atomic E-state index is 13.1. The maximum atomic E-state index is 13.1. The number of benzene rings is 1. The van der Waals surface area contributed by atoms with Gasteiger partial charge in [-0.1, -0.05) is 19.9 Å². The summed E-state index contributed by atoms with van der Waals surface area (Å²) in [6.45, 7) is 4.27. The van der Waals surface area contributed by atoms with Crippen molar-refractivity contribution in [3.05, 3.63) is 35.0 Å². The number of halogens is 1. The quantitative estimate of drug-likeness (QED) is 0.890. The SMILES string of the molecule is CC(C)CC(O)CNC(=O)c1cc2ccc(F)cc2s1. The van der Waals surface area contributed by atoms with E-state index in [1.165, 1.54) is 23.5 Å². The summed E-state index contributed by atoms with van der Waals surface area (Å²) in [5.74, 6) is -0.151. The molecule has 0 fully saturated rings. The highest BCUT2D eigenvalue weighted by molar-refractivity contribution is 7.20. The molecule has 1 atom stereocenters. The molecule has 20 heavy (non-hydrogen) atoms. The van der Waals surface area contributed by atoms with E-state index in [1.54, 1.807) is 12.1 Å². The average molecular weight is 295 g/mol. The van der Waals surface area contributed by atoms with Gasteiger partial charge in [0.1, 0.15) is 5.82 Å². The predicted molar refractivity (Wildman–Crippen MR) is 79.6 cm³/mol. The van der Waals surface area contributed by atoms with Crippen LogP contribution in [0.4, 0.5) is 4.39 Å². The van der Waals surface area contributed by atoms with Gasteiger partial charge in [-0.15, -0.1) is 11.3 Å². The predicted octanol–water partition coefficient (Wildman–Crippen LogP) is 3.18. The molecule has 0 bridgehead atoms. The second kappa shape index (κ2) is 6.33. The zero-order valence-corrected chi connectivity index (χ0v) is 12.3. The van der Waals surface area contributed by atoms with Gasteiger partial charge >= 0.3 is 0 Å². The van der Waals surface area contributed by atoms with Crippen molar-refractivity contribution in [3.63, 3.8) is 0 Å². The van der Waals surface area contributed by atoms with E-state index in [2.05, 4.69) is 5.32 Å². The zero-order valence-electron chi connectivity index (χ0n) is 11.5. The van der Waals surface area contributed by atoms with Crippen molar-refractivity contribution in [2.24, 2.45) is 5.92 Å². The minimum Gasteiger partial charge on any atom is -0.391 e. The molecule has 1 amide bonds. The van der Waals surface area contributed by atoms with Crippen molar-refractivity contribution in [2.75, 3.05) is 6.54 Å². The van der Waals surface area contributed by atoms with Gasteiger partial charge in [-0.05, 0) is 35.9 Å². The third-order valence-corrected chi connectivity index (χ3v) is 4.04. The number of aliphatic hydroxyl groups is 1. The molecular formula is C15H18FNO2S. The summed E-state index contributed by atoms with van der Waals surface area (Å²) < 4.78 is 13.8. The van der Waals surface area contributed by atoms with E-state index in [1.807, 2.05) is 13.8 Å². The lowest BCUT2D eigenvalue weighted by molar-refractivity contribution is 0.0904. The van der Waals surface area contributed by atoms with Crippen LogP contribution in [-0.4, -0.2) is 23.7 Å². The summed E-state index contributed by atoms with van der Waals surface area (Å²) in [4.78, 5) is 12.5. The van der Waals surface area contributed by atoms with Gasteiger partial charge in [0.05, 0.1) is 11.0 Å². The molecule has 3 nitrogen and oxygen atoms in total. The summed E-state index contributed by atoms with van der Waals surface area (Å²) in [7, 11) is 0. The Morgan fingerprint density at radius 3 is 2.85 bits per heavy atom. The van der Waals surface area contributed by atoms with E-state index >= 15 is 0 Å². The topological polar surface area (TPSA) is 49.3 Å². The summed E-state index contributed by atoms with van der Waals surface area (Å²) >= 11 is 1.25. The molecule has 1 unspecified atom stereocenters. The Morgan fingerprint density at radius 1 is 1.40 bits per heavy atom. The maximum Gasteiger partial charge on any atom is 0.261 e. The summed E-state index contributed by atoms with van der Waals surface area (Å²) in [5.41, 5.74) is 0. The first-order chi connectivity index (χ1) is 9.45. The number of rotatable bonds is 5. The van der Waals surface area contributed by atoms with Crippen LogP contribution in [0.3, 0.4) is 0 Å². The first-order valence-electron chi connectivity index (χ1n) is 6.61. The lowest BCUT2D eigenvalue weighted by Gasteiger charge is -2.13. The highest BCUT2D eigenvalue weighted by atomic mass is 32.1. The van der Waals surface area contributed by atoms with Crippen molar-refractivity contribution >= 4 is 27.3 Å². The molecular weight excluding hydrogens is 277 g/mol. The van der Waals surface area contributed by atoms with Gasteiger partial charge in [0.2, 0.25) is 0 Å². The van der Waals surface area contributed by atoms with Gasteiger partial charge in [-0.25, -0.2) is 4.39 Å². The molecule has 5 heteroatoms. The second-order valence-electron chi connectivity index (χ2n) is 5.29. The van der Waals surface area contributed by atoms with Crippen LogP contribution in [0.5, 0.6) is 0 Å². The van der Waals surface area contributed by atoms with Crippen LogP contribution >= 0.6 is 11.3 Å². The fourth-order valence-electron chi connectivity index (χ4n) is 2.04. The van der Waals surface area contributed by atoms with Crippen molar-refractivity contribution < 1.29 is 14.3 Å². The monoisotopic (exact) mass is 295 g/mol. The standard InChI is InChI=1S/C15H18FNO2S/c1-9(2)5-12(18)8-17-15(19)14-6-10-3-4-11(16)7-13(10)20-14/h3-4,6-7,9,12,18H,5,8H2,1-2H3,(H,17,19). The number of nitrogens with one attached hydrogen (secondary N) is 1. The largest absolute Gasteiger partial charge is 0.391 e. The molecule has 2 aromatic rings. The van der Waals surface area contributed by atoms with Crippen LogP contribution in [0.2, 0.25) is 0 Å². The van der Waals surface area contributed by atoms with Gasteiger partial charge in [-0.3, -0.25) is 4.79 Å². The highest BCUT2D eigenvalue weighted by Crippen LogP contribution is 2.26. The molecule has 1 aromatic carbocycles. The number of thiophene rings is 1. The second-order valence-corrected chi connectivity index (χ2v) is 6.37. The third-order valence-electron chi connectivity index (χ3n) is 2.95. The Bertz CT molecular complexity index is 609. The van der Waals surface area contributed by atoms with Crippen LogP contribution in [0.15, 0.2) is 24.3 Å². The van der Waals surface area contributed by atoms with Gasteiger partial charge in [0, 0.05) is 11.2 Å². The van der Waals surface area contributed by atoms with E-state index < -0.39 is 6.10 Å². The molecule has 0 saturated carbocycles. The average Bonchev–Trinajstić information content (AvgIpc) is 2.78. The molecule has 108 valence electrons. The Kier molecular flexibility index (Phi) is 4.73. The Hall–Kier alpha value is -1.46. The van der Waals surface area contributed by atoms with Crippen LogP contribution < -0.4 is 5.32 Å². The lowest BCUT2D eigenvalue weighted by atomic mass is 10.1.